The number of benzene rings is 1. The van der Waals surface area contributed by atoms with Gasteiger partial charge in [0.15, 0.2) is 0 Å². The second-order valence-electron chi connectivity index (χ2n) is 9.97. The van der Waals surface area contributed by atoms with Gasteiger partial charge in [0.25, 0.3) is 0 Å². The molecular formula is C28H54ClN. The molecule has 0 spiro atoms. The van der Waals surface area contributed by atoms with Gasteiger partial charge < -0.3 is 16.9 Å². The number of aryl methyl sites for hydroxylation is 1. The molecule has 0 aromatic heterocycles. The summed E-state index contributed by atoms with van der Waals surface area (Å²) in [6.07, 6.45) is 23.4. The minimum atomic E-state index is 0. The van der Waals surface area contributed by atoms with E-state index < -0.39 is 0 Å². The van der Waals surface area contributed by atoms with E-state index in [1.165, 1.54) is 115 Å². The van der Waals surface area contributed by atoms with E-state index in [1.807, 2.05) is 18.2 Å². The Morgan fingerprint density at radius 2 is 0.867 bits per heavy atom. The van der Waals surface area contributed by atoms with Crippen molar-refractivity contribution in [3.05, 3.63) is 35.9 Å². The molecule has 0 bridgehead atoms. The van der Waals surface area contributed by atoms with Crippen LogP contribution < -0.4 is 12.4 Å². The second kappa shape index (κ2) is 23.1. The minimum Gasteiger partial charge on any atom is -1.00 e. The fourth-order valence-electron chi connectivity index (χ4n) is 3.67. The highest BCUT2D eigenvalue weighted by atomic mass is 35.5. The summed E-state index contributed by atoms with van der Waals surface area (Å²) in [5.74, 6) is 0. The van der Waals surface area contributed by atoms with Crippen LogP contribution in [0.1, 0.15) is 115 Å². The highest BCUT2D eigenvalue weighted by Gasteiger charge is 2.04. The molecule has 0 radical (unpaired) electrons. The molecule has 30 heavy (non-hydrogen) atoms. The molecule has 0 amide bonds. The van der Waals surface area contributed by atoms with Crippen molar-refractivity contribution in [3.63, 3.8) is 0 Å². The lowest BCUT2D eigenvalue weighted by Gasteiger charge is -2.23. The van der Waals surface area contributed by atoms with Crippen LogP contribution in [0, 0.1) is 6.92 Å². The van der Waals surface area contributed by atoms with Crippen LogP contribution in [0.15, 0.2) is 30.3 Å². The molecule has 0 saturated carbocycles. The molecule has 1 nitrogen and oxygen atoms in total. The Hall–Kier alpha value is -0.530. The van der Waals surface area contributed by atoms with Crippen LogP contribution in [0.5, 0.6) is 0 Å². The number of halogens is 1. The van der Waals surface area contributed by atoms with E-state index in [1.54, 1.807) is 0 Å². The highest BCUT2D eigenvalue weighted by Crippen LogP contribution is 2.13. The quantitative estimate of drug-likeness (QED) is 0.207. The van der Waals surface area contributed by atoms with Crippen LogP contribution in [0.2, 0.25) is 0 Å². The largest absolute Gasteiger partial charge is 1.00 e. The Bertz CT molecular complexity index is 424. The standard InChI is InChI=1S/C21H46N.C7H8.ClH/c1-5-6-7-8-9-10-11-12-13-14-15-16-17-18-19-20-21-22(2,3)4;1-7-5-3-2-4-6-7;/h5-21H2,1-4H3;2-6H,1H3;1H/q+1;;/p-1. The Balaban J connectivity index is 0. The van der Waals surface area contributed by atoms with Gasteiger partial charge in [-0.3, -0.25) is 0 Å². The predicted molar refractivity (Wildman–Crippen MR) is 134 cm³/mol. The van der Waals surface area contributed by atoms with Crippen LogP contribution in [0.4, 0.5) is 0 Å². The van der Waals surface area contributed by atoms with Gasteiger partial charge in [0.1, 0.15) is 0 Å². The Labute approximate surface area is 197 Å². The van der Waals surface area contributed by atoms with Gasteiger partial charge in [-0.25, -0.2) is 0 Å². The maximum atomic E-state index is 2.30. The maximum absolute atomic E-state index is 2.30. The Kier molecular flexibility index (Phi) is 24.4. The monoisotopic (exact) mass is 439 g/mol. The topological polar surface area (TPSA) is 0 Å². The predicted octanol–water partition coefficient (Wildman–Crippen LogP) is 5.95. The van der Waals surface area contributed by atoms with Crippen molar-refractivity contribution in [2.45, 2.75) is 117 Å². The van der Waals surface area contributed by atoms with Gasteiger partial charge in [-0.05, 0) is 19.8 Å². The van der Waals surface area contributed by atoms with Crippen molar-refractivity contribution < 1.29 is 16.9 Å². The summed E-state index contributed by atoms with van der Waals surface area (Å²) in [7, 11) is 6.89. The van der Waals surface area contributed by atoms with Gasteiger partial charge in [0.2, 0.25) is 0 Å². The molecule has 178 valence electrons. The fourth-order valence-corrected chi connectivity index (χ4v) is 3.67. The number of quaternary nitrogens is 1. The Morgan fingerprint density at radius 3 is 1.13 bits per heavy atom. The van der Waals surface area contributed by atoms with Crippen molar-refractivity contribution in [1.82, 2.24) is 0 Å². The summed E-state index contributed by atoms with van der Waals surface area (Å²) < 4.78 is 1.12. The van der Waals surface area contributed by atoms with Crippen LogP contribution in [-0.2, 0) is 0 Å². The first-order valence-electron chi connectivity index (χ1n) is 12.8. The molecule has 1 rings (SSSR count). The van der Waals surface area contributed by atoms with Crippen molar-refractivity contribution in [2.24, 2.45) is 0 Å². The van der Waals surface area contributed by atoms with Crippen LogP contribution in [0.25, 0.3) is 0 Å². The average Bonchev–Trinajstić information content (AvgIpc) is 2.68. The van der Waals surface area contributed by atoms with Crippen molar-refractivity contribution in [2.75, 3.05) is 27.7 Å². The fraction of sp³-hybridized carbons (Fsp3) is 0.786. The van der Waals surface area contributed by atoms with E-state index in [2.05, 4.69) is 47.1 Å². The maximum Gasteiger partial charge on any atom is 0.0780 e. The van der Waals surface area contributed by atoms with Crippen molar-refractivity contribution in [1.29, 1.82) is 0 Å². The first-order chi connectivity index (χ1) is 14.0. The zero-order valence-electron chi connectivity index (χ0n) is 21.2. The molecule has 0 aliphatic carbocycles. The molecule has 0 atom stereocenters. The SMILES string of the molecule is CCCCCCCCCCCCCCCCCC[N+](C)(C)C.Cc1ccccc1.[Cl-]. The Morgan fingerprint density at radius 1 is 0.533 bits per heavy atom. The van der Waals surface area contributed by atoms with Gasteiger partial charge in [-0.15, -0.1) is 0 Å². The number of rotatable bonds is 17. The number of nitrogens with zero attached hydrogens (tertiary/aromatic N) is 1. The average molecular weight is 440 g/mol. The smallest absolute Gasteiger partial charge is 0.0780 e. The molecule has 2 heteroatoms. The van der Waals surface area contributed by atoms with E-state index in [0.717, 1.165) is 4.48 Å². The number of hydrogen-bond donors (Lipinski definition) is 0. The zero-order chi connectivity index (χ0) is 21.6. The molecule has 0 heterocycles. The summed E-state index contributed by atoms with van der Waals surface area (Å²) in [5.41, 5.74) is 1.32. The molecule has 0 unspecified atom stereocenters. The molecule has 1 aromatic carbocycles. The molecule has 0 N–H and O–H groups in total. The lowest BCUT2D eigenvalue weighted by Crippen LogP contribution is -3.00. The van der Waals surface area contributed by atoms with E-state index in [9.17, 15) is 0 Å². The first kappa shape index (κ1) is 31.7. The summed E-state index contributed by atoms with van der Waals surface area (Å²) >= 11 is 0. The van der Waals surface area contributed by atoms with E-state index >= 15 is 0 Å². The third-order valence-corrected chi connectivity index (χ3v) is 5.62. The highest BCUT2D eigenvalue weighted by molar-refractivity contribution is 5.11. The summed E-state index contributed by atoms with van der Waals surface area (Å²) in [6.45, 7) is 5.71. The van der Waals surface area contributed by atoms with Gasteiger partial charge in [-0.1, -0.05) is 133 Å². The normalized spacial score (nSPS) is 10.8. The molecule has 0 aliphatic rings. The zero-order valence-corrected chi connectivity index (χ0v) is 22.0. The second-order valence-corrected chi connectivity index (χ2v) is 9.97. The van der Waals surface area contributed by atoms with Crippen molar-refractivity contribution >= 4 is 0 Å². The third kappa shape index (κ3) is 27.5. The number of unbranched alkanes of at least 4 members (excludes halogenated alkanes) is 15. The molecule has 0 aliphatic heterocycles. The van der Waals surface area contributed by atoms with Crippen LogP contribution >= 0.6 is 0 Å². The van der Waals surface area contributed by atoms with E-state index in [-0.39, 0.29) is 12.4 Å². The number of hydrogen-bond acceptors (Lipinski definition) is 0. The first-order valence-corrected chi connectivity index (χ1v) is 12.8. The van der Waals surface area contributed by atoms with Gasteiger partial charge in [-0.2, -0.15) is 0 Å². The third-order valence-electron chi connectivity index (χ3n) is 5.62. The van der Waals surface area contributed by atoms with E-state index in [4.69, 9.17) is 0 Å². The summed E-state index contributed by atoms with van der Waals surface area (Å²) in [4.78, 5) is 0. The lowest BCUT2D eigenvalue weighted by molar-refractivity contribution is -0.870. The van der Waals surface area contributed by atoms with E-state index in [0.29, 0.717) is 0 Å². The van der Waals surface area contributed by atoms with Gasteiger partial charge >= 0.3 is 0 Å². The lowest BCUT2D eigenvalue weighted by atomic mass is 10.0. The molecule has 0 saturated heterocycles. The summed E-state index contributed by atoms with van der Waals surface area (Å²) in [5, 5.41) is 0. The van der Waals surface area contributed by atoms with Gasteiger partial charge in [0, 0.05) is 0 Å². The summed E-state index contributed by atoms with van der Waals surface area (Å²) in [6, 6.07) is 10.3. The van der Waals surface area contributed by atoms with Crippen molar-refractivity contribution in [3.8, 4) is 0 Å². The molecular weight excluding hydrogens is 386 g/mol. The van der Waals surface area contributed by atoms with Crippen LogP contribution in [-0.4, -0.2) is 32.2 Å². The van der Waals surface area contributed by atoms with Gasteiger partial charge in [0.05, 0.1) is 27.7 Å². The van der Waals surface area contributed by atoms with Crippen LogP contribution in [0.3, 0.4) is 0 Å². The minimum absolute atomic E-state index is 0. The molecule has 1 aromatic rings. The molecule has 0 fully saturated rings.